The first-order valence-corrected chi connectivity index (χ1v) is 4.10. The van der Waals surface area contributed by atoms with Crippen molar-refractivity contribution in [3.05, 3.63) is 0 Å². The first-order chi connectivity index (χ1) is 6.17. The number of carbonyl (C=O) groups is 1. The van der Waals surface area contributed by atoms with E-state index in [-0.39, 0.29) is 11.9 Å². The zero-order valence-electron chi connectivity index (χ0n) is 8.09. The van der Waals surface area contributed by atoms with Gasteiger partial charge < -0.3 is 10.6 Å². The summed E-state index contributed by atoms with van der Waals surface area (Å²) in [6, 6.07) is -0.226. The largest absolute Gasteiger partial charge is 0.359 e. The molecule has 1 rings (SSSR count). The number of hydrogen-bond acceptors (Lipinski definition) is 3. The van der Waals surface area contributed by atoms with Crippen molar-refractivity contribution in [3.63, 3.8) is 0 Å². The van der Waals surface area contributed by atoms with Crippen molar-refractivity contribution >= 4 is 11.9 Å². The molecular formula is C7H15N5O. The van der Waals surface area contributed by atoms with Gasteiger partial charge in [0.15, 0.2) is 5.96 Å². The van der Waals surface area contributed by atoms with Crippen molar-refractivity contribution in [2.24, 2.45) is 4.99 Å². The number of hydrazine groups is 1. The molecule has 1 saturated heterocycles. The number of nitrogens with zero attached hydrogens (tertiary/aromatic N) is 2. The minimum atomic E-state index is -0.226. The number of guanidine groups is 1. The number of amides is 1. The summed E-state index contributed by atoms with van der Waals surface area (Å²) in [7, 11) is 5.24. The maximum absolute atomic E-state index is 11.3. The first kappa shape index (κ1) is 9.79. The van der Waals surface area contributed by atoms with E-state index < -0.39 is 0 Å². The van der Waals surface area contributed by atoms with Gasteiger partial charge in [-0.15, -0.1) is 0 Å². The molecule has 0 saturated carbocycles. The number of hydrogen-bond donors (Lipinski definition) is 3. The second kappa shape index (κ2) is 4.08. The fraction of sp³-hybridized carbons (Fsp3) is 0.714. The summed E-state index contributed by atoms with van der Waals surface area (Å²) in [5.74, 6) is 0.592. The molecular weight excluding hydrogens is 170 g/mol. The molecule has 0 aromatic heterocycles. The van der Waals surface area contributed by atoms with E-state index in [0.29, 0.717) is 12.5 Å². The molecule has 1 amide bonds. The molecule has 13 heavy (non-hydrogen) atoms. The van der Waals surface area contributed by atoms with E-state index in [1.165, 1.54) is 0 Å². The highest BCUT2D eigenvalue weighted by Crippen LogP contribution is 1.96. The van der Waals surface area contributed by atoms with Crippen LogP contribution >= 0.6 is 0 Å². The third-order valence-electron chi connectivity index (χ3n) is 1.85. The summed E-state index contributed by atoms with van der Waals surface area (Å²) >= 11 is 0. The van der Waals surface area contributed by atoms with E-state index in [4.69, 9.17) is 0 Å². The summed E-state index contributed by atoms with van der Waals surface area (Å²) in [6.07, 6.45) is 0. The van der Waals surface area contributed by atoms with Gasteiger partial charge >= 0.3 is 0 Å². The second-order valence-electron chi connectivity index (χ2n) is 2.88. The van der Waals surface area contributed by atoms with Crippen molar-refractivity contribution in [3.8, 4) is 0 Å². The molecule has 6 heteroatoms. The summed E-state index contributed by atoms with van der Waals surface area (Å²) in [6.45, 7) is 0.638. The first-order valence-electron chi connectivity index (χ1n) is 4.10. The highest BCUT2D eigenvalue weighted by Gasteiger charge is 2.28. The zero-order valence-corrected chi connectivity index (χ0v) is 8.09. The van der Waals surface area contributed by atoms with Gasteiger partial charge in [0, 0.05) is 27.7 Å². The highest BCUT2D eigenvalue weighted by molar-refractivity contribution is 5.89. The van der Waals surface area contributed by atoms with E-state index in [1.54, 1.807) is 19.1 Å². The predicted molar refractivity (Wildman–Crippen MR) is 50.1 cm³/mol. The molecule has 0 aromatic rings. The molecule has 1 atom stereocenters. The van der Waals surface area contributed by atoms with E-state index >= 15 is 0 Å². The molecule has 74 valence electrons. The quantitative estimate of drug-likeness (QED) is 0.330. The number of rotatable bonds is 1. The van der Waals surface area contributed by atoms with Crippen LogP contribution in [-0.2, 0) is 4.79 Å². The van der Waals surface area contributed by atoms with Gasteiger partial charge in [0.25, 0.3) is 5.91 Å². The van der Waals surface area contributed by atoms with Gasteiger partial charge in [-0.1, -0.05) is 0 Å². The van der Waals surface area contributed by atoms with E-state index in [1.807, 2.05) is 7.05 Å². The molecule has 0 radical (unpaired) electrons. The summed E-state index contributed by atoms with van der Waals surface area (Å²) in [5, 5.41) is 7.57. The van der Waals surface area contributed by atoms with Crippen LogP contribution in [0.3, 0.4) is 0 Å². The van der Waals surface area contributed by atoms with E-state index in [0.717, 1.165) is 0 Å². The van der Waals surface area contributed by atoms with Crippen molar-refractivity contribution < 1.29 is 4.79 Å². The average molecular weight is 185 g/mol. The van der Waals surface area contributed by atoms with Gasteiger partial charge in [0.2, 0.25) is 0 Å². The molecule has 1 aliphatic rings. The topological polar surface area (TPSA) is 68.8 Å². The molecule has 0 aliphatic carbocycles. The highest BCUT2D eigenvalue weighted by atomic mass is 16.2. The molecule has 1 aliphatic heterocycles. The Morgan fingerprint density at radius 2 is 2.46 bits per heavy atom. The van der Waals surface area contributed by atoms with Gasteiger partial charge in [-0.3, -0.25) is 15.2 Å². The summed E-state index contributed by atoms with van der Waals surface area (Å²) in [5.41, 5.74) is 2.67. The molecule has 0 aromatic carbocycles. The standard InChI is InChI=1S/C7H15N5O/c1-8-7(9-2)10-5-4-12(3)11-6(5)13/h5H,4H2,1-3H3,(H,11,13)(H2,8,9,10). The Bertz CT molecular complexity index is 227. The van der Waals surface area contributed by atoms with Crippen LogP contribution in [0.25, 0.3) is 0 Å². The predicted octanol–water partition coefficient (Wildman–Crippen LogP) is -1.87. The SMILES string of the molecule is CN=C(NC)NC1CN(C)NC1=O. The molecule has 0 bridgehead atoms. The van der Waals surface area contributed by atoms with Crippen LogP contribution in [0.15, 0.2) is 4.99 Å². The van der Waals surface area contributed by atoms with Crippen LogP contribution in [0.2, 0.25) is 0 Å². The second-order valence-corrected chi connectivity index (χ2v) is 2.88. The van der Waals surface area contributed by atoms with Crippen molar-refractivity contribution in [1.29, 1.82) is 0 Å². The Kier molecular flexibility index (Phi) is 3.07. The number of nitrogens with one attached hydrogen (secondary N) is 3. The van der Waals surface area contributed by atoms with Crippen LogP contribution in [0, 0.1) is 0 Å². The van der Waals surface area contributed by atoms with Gasteiger partial charge in [-0.25, -0.2) is 5.01 Å². The van der Waals surface area contributed by atoms with Gasteiger partial charge in [-0.05, 0) is 0 Å². The lowest BCUT2D eigenvalue weighted by molar-refractivity contribution is -0.121. The molecule has 1 unspecified atom stereocenters. The lowest BCUT2D eigenvalue weighted by Crippen LogP contribution is -2.46. The summed E-state index contributed by atoms with van der Waals surface area (Å²) < 4.78 is 0. The monoisotopic (exact) mass is 185 g/mol. The Balaban J connectivity index is 2.50. The Labute approximate surface area is 77.4 Å². The number of aliphatic imine (C=N–C) groups is 1. The summed E-state index contributed by atoms with van der Waals surface area (Å²) in [4.78, 5) is 15.2. The average Bonchev–Trinajstić information content (AvgIpc) is 2.41. The maximum Gasteiger partial charge on any atom is 0.258 e. The van der Waals surface area contributed by atoms with Gasteiger partial charge in [0.1, 0.15) is 6.04 Å². The Morgan fingerprint density at radius 1 is 1.77 bits per heavy atom. The molecule has 0 spiro atoms. The van der Waals surface area contributed by atoms with Crippen LogP contribution in [0.1, 0.15) is 0 Å². The third-order valence-corrected chi connectivity index (χ3v) is 1.85. The number of likely N-dealkylation sites (N-methyl/N-ethyl adjacent to an activating group) is 1. The van der Waals surface area contributed by atoms with Crippen LogP contribution in [0.5, 0.6) is 0 Å². The fourth-order valence-corrected chi connectivity index (χ4v) is 1.19. The van der Waals surface area contributed by atoms with Crippen molar-refractivity contribution in [2.75, 3.05) is 27.7 Å². The van der Waals surface area contributed by atoms with Crippen molar-refractivity contribution in [2.45, 2.75) is 6.04 Å². The molecule has 3 N–H and O–H groups in total. The fourth-order valence-electron chi connectivity index (χ4n) is 1.19. The molecule has 1 fully saturated rings. The maximum atomic E-state index is 11.3. The minimum Gasteiger partial charge on any atom is -0.359 e. The van der Waals surface area contributed by atoms with Crippen LogP contribution in [0.4, 0.5) is 0 Å². The third kappa shape index (κ3) is 2.32. The van der Waals surface area contributed by atoms with Crippen LogP contribution < -0.4 is 16.1 Å². The van der Waals surface area contributed by atoms with Gasteiger partial charge in [-0.2, -0.15) is 0 Å². The molecule has 1 heterocycles. The zero-order chi connectivity index (χ0) is 9.84. The number of carbonyl (C=O) groups excluding carboxylic acids is 1. The van der Waals surface area contributed by atoms with Gasteiger partial charge in [0.05, 0.1) is 0 Å². The van der Waals surface area contributed by atoms with Crippen LogP contribution in [-0.4, -0.2) is 50.6 Å². The lowest BCUT2D eigenvalue weighted by atomic mass is 10.3. The Morgan fingerprint density at radius 3 is 2.85 bits per heavy atom. The lowest BCUT2D eigenvalue weighted by Gasteiger charge is -2.12. The van der Waals surface area contributed by atoms with Crippen molar-refractivity contribution in [1.82, 2.24) is 21.1 Å². The normalized spacial score (nSPS) is 24.4. The van der Waals surface area contributed by atoms with E-state index in [2.05, 4.69) is 21.1 Å². The minimum absolute atomic E-state index is 0.0288. The Hall–Kier alpha value is -1.30. The smallest absolute Gasteiger partial charge is 0.258 e. The molecule has 6 nitrogen and oxygen atoms in total. The van der Waals surface area contributed by atoms with E-state index in [9.17, 15) is 4.79 Å².